The van der Waals surface area contributed by atoms with Crippen molar-refractivity contribution in [2.75, 3.05) is 11.5 Å². The molecule has 0 saturated carbocycles. The highest BCUT2D eigenvalue weighted by Gasteiger charge is 2.08. The molecule has 0 aliphatic rings. The topological polar surface area (TPSA) is 34.1 Å². The standard InChI is InChI=1S/C8H18O2S/c1-4-8(3)6-7-11(9,10)5-2/h8H,4-7H2,1-3H3. The Balaban J connectivity index is 3.71. The Bertz CT molecular complexity index is 182. The molecule has 0 bridgehead atoms. The van der Waals surface area contributed by atoms with Crippen LogP contribution in [0.15, 0.2) is 0 Å². The molecule has 0 radical (unpaired) electrons. The minimum absolute atomic E-state index is 0.281. The lowest BCUT2D eigenvalue weighted by Crippen LogP contribution is -2.11. The van der Waals surface area contributed by atoms with Gasteiger partial charge in [0, 0.05) is 5.75 Å². The second-order valence-corrected chi connectivity index (χ2v) is 5.51. The van der Waals surface area contributed by atoms with Gasteiger partial charge in [-0.2, -0.15) is 0 Å². The summed E-state index contributed by atoms with van der Waals surface area (Å²) in [6.45, 7) is 5.88. The van der Waals surface area contributed by atoms with E-state index in [2.05, 4.69) is 13.8 Å². The van der Waals surface area contributed by atoms with Crippen LogP contribution in [0.5, 0.6) is 0 Å². The van der Waals surface area contributed by atoms with E-state index in [1.54, 1.807) is 6.92 Å². The van der Waals surface area contributed by atoms with Gasteiger partial charge in [0.1, 0.15) is 9.84 Å². The maximum absolute atomic E-state index is 11.0. The van der Waals surface area contributed by atoms with Crippen LogP contribution in [0.4, 0.5) is 0 Å². The van der Waals surface area contributed by atoms with Gasteiger partial charge in [0.05, 0.1) is 5.75 Å². The third-order valence-corrected chi connectivity index (χ3v) is 3.80. The zero-order valence-corrected chi connectivity index (χ0v) is 8.45. The normalized spacial score (nSPS) is 14.8. The lowest BCUT2D eigenvalue weighted by molar-refractivity contribution is 0.532. The molecule has 11 heavy (non-hydrogen) atoms. The first-order valence-corrected chi connectivity index (χ1v) is 6.04. The maximum atomic E-state index is 11.0. The summed E-state index contributed by atoms with van der Waals surface area (Å²) in [5.74, 6) is 1.18. The lowest BCUT2D eigenvalue weighted by atomic mass is 10.1. The Hall–Kier alpha value is -0.0500. The van der Waals surface area contributed by atoms with Crippen LogP contribution in [-0.2, 0) is 9.84 Å². The van der Waals surface area contributed by atoms with Crippen molar-refractivity contribution in [3.8, 4) is 0 Å². The number of rotatable bonds is 5. The van der Waals surface area contributed by atoms with Crippen LogP contribution in [0.2, 0.25) is 0 Å². The van der Waals surface area contributed by atoms with Gasteiger partial charge in [0.25, 0.3) is 0 Å². The van der Waals surface area contributed by atoms with Gasteiger partial charge in [-0.15, -0.1) is 0 Å². The van der Waals surface area contributed by atoms with E-state index in [4.69, 9.17) is 0 Å². The van der Waals surface area contributed by atoms with E-state index in [-0.39, 0.29) is 5.75 Å². The van der Waals surface area contributed by atoms with E-state index < -0.39 is 9.84 Å². The molecule has 68 valence electrons. The van der Waals surface area contributed by atoms with E-state index >= 15 is 0 Å². The molecule has 2 nitrogen and oxygen atoms in total. The van der Waals surface area contributed by atoms with Crippen LogP contribution >= 0.6 is 0 Å². The average Bonchev–Trinajstić information content (AvgIpc) is 2.00. The van der Waals surface area contributed by atoms with Crippen molar-refractivity contribution in [3.63, 3.8) is 0 Å². The first kappa shape index (κ1) is 11.0. The summed E-state index contributed by atoms with van der Waals surface area (Å²) >= 11 is 0. The van der Waals surface area contributed by atoms with Crippen LogP contribution < -0.4 is 0 Å². The molecular weight excluding hydrogens is 160 g/mol. The molecule has 0 aromatic rings. The van der Waals surface area contributed by atoms with Crippen molar-refractivity contribution in [2.24, 2.45) is 5.92 Å². The molecule has 0 aromatic carbocycles. The molecule has 1 unspecified atom stereocenters. The largest absolute Gasteiger partial charge is 0.229 e. The predicted molar refractivity (Wildman–Crippen MR) is 48.4 cm³/mol. The molecule has 0 saturated heterocycles. The Kier molecular flexibility index (Phi) is 4.73. The van der Waals surface area contributed by atoms with Crippen LogP contribution in [-0.4, -0.2) is 19.9 Å². The second kappa shape index (κ2) is 4.75. The summed E-state index contributed by atoms with van der Waals surface area (Å²) in [5.41, 5.74) is 0. The van der Waals surface area contributed by atoms with E-state index in [1.165, 1.54) is 0 Å². The summed E-state index contributed by atoms with van der Waals surface area (Å²) in [6, 6.07) is 0. The molecule has 0 aliphatic heterocycles. The molecule has 3 heteroatoms. The van der Waals surface area contributed by atoms with Crippen molar-refractivity contribution in [1.29, 1.82) is 0 Å². The van der Waals surface area contributed by atoms with Gasteiger partial charge in [0.2, 0.25) is 0 Å². The number of hydrogen-bond donors (Lipinski definition) is 0. The first-order chi connectivity index (χ1) is 5.02. The highest BCUT2D eigenvalue weighted by molar-refractivity contribution is 7.91. The minimum Gasteiger partial charge on any atom is -0.229 e. The lowest BCUT2D eigenvalue weighted by Gasteiger charge is -2.06. The molecule has 0 amide bonds. The molecule has 0 aromatic heterocycles. The van der Waals surface area contributed by atoms with Crippen molar-refractivity contribution >= 4 is 9.84 Å². The van der Waals surface area contributed by atoms with E-state index in [1.807, 2.05) is 0 Å². The van der Waals surface area contributed by atoms with Crippen LogP contribution in [0.3, 0.4) is 0 Å². The van der Waals surface area contributed by atoms with Crippen molar-refractivity contribution < 1.29 is 8.42 Å². The average molecular weight is 178 g/mol. The highest BCUT2D eigenvalue weighted by Crippen LogP contribution is 2.08. The van der Waals surface area contributed by atoms with E-state index in [0.717, 1.165) is 12.8 Å². The van der Waals surface area contributed by atoms with Crippen LogP contribution in [0.1, 0.15) is 33.6 Å². The van der Waals surface area contributed by atoms with Gasteiger partial charge in [-0.25, -0.2) is 8.42 Å². The Morgan fingerprint density at radius 2 is 1.82 bits per heavy atom. The minimum atomic E-state index is -2.72. The fourth-order valence-corrected chi connectivity index (χ4v) is 1.78. The fourth-order valence-electron chi connectivity index (χ4n) is 0.729. The molecule has 0 spiro atoms. The zero-order chi connectivity index (χ0) is 8.91. The van der Waals surface area contributed by atoms with E-state index in [9.17, 15) is 8.42 Å². The smallest absolute Gasteiger partial charge is 0.150 e. The van der Waals surface area contributed by atoms with Crippen molar-refractivity contribution in [1.82, 2.24) is 0 Å². The van der Waals surface area contributed by atoms with Crippen LogP contribution in [0.25, 0.3) is 0 Å². The second-order valence-electron chi connectivity index (χ2n) is 3.04. The summed E-state index contributed by atoms with van der Waals surface area (Å²) in [4.78, 5) is 0. The van der Waals surface area contributed by atoms with Crippen LogP contribution in [0, 0.1) is 5.92 Å². The van der Waals surface area contributed by atoms with Gasteiger partial charge in [-0.05, 0) is 12.3 Å². The maximum Gasteiger partial charge on any atom is 0.150 e. The SMILES string of the molecule is CCC(C)CCS(=O)(=O)CC. The number of hydrogen-bond acceptors (Lipinski definition) is 2. The summed E-state index contributed by atoms with van der Waals surface area (Å²) in [7, 11) is -2.72. The third-order valence-electron chi connectivity index (χ3n) is 2.06. The zero-order valence-electron chi connectivity index (χ0n) is 7.63. The van der Waals surface area contributed by atoms with Gasteiger partial charge in [-0.3, -0.25) is 0 Å². The third kappa shape index (κ3) is 5.24. The molecule has 1 atom stereocenters. The molecule has 0 heterocycles. The summed E-state index contributed by atoms with van der Waals surface area (Å²) in [5, 5.41) is 0. The summed E-state index contributed by atoms with van der Waals surface area (Å²) < 4.78 is 22.0. The Morgan fingerprint density at radius 1 is 1.27 bits per heavy atom. The van der Waals surface area contributed by atoms with Crippen molar-refractivity contribution in [3.05, 3.63) is 0 Å². The number of sulfone groups is 1. The van der Waals surface area contributed by atoms with Gasteiger partial charge in [-0.1, -0.05) is 27.2 Å². The molecule has 0 rings (SSSR count). The molecular formula is C8H18O2S. The predicted octanol–water partition coefficient (Wildman–Crippen LogP) is 1.86. The monoisotopic (exact) mass is 178 g/mol. The Morgan fingerprint density at radius 3 is 2.18 bits per heavy atom. The molecule has 0 aliphatic carbocycles. The Labute approximate surface area is 69.9 Å². The van der Waals surface area contributed by atoms with Gasteiger partial charge >= 0.3 is 0 Å². The fraction of sp³-hybridized carbons (Fsp3) is 1.00. The van der Waals surface area contributed by atoms with E-state index in [0.29, 0.717) is 11.7 Å². The first-order valence-electron chi connectivity index (χ1n) is 4.22. The van der Waals surface area contributed by atoms with Crippen molar-refractivity contribution in [2.45, 2.75) is 33.6 Å². The van der Waals surface area contributed by atoms with Gasteiger partial charge < -0.3 is 0 Å². The summed E-state index contributed by atoms with van der Waals surface area (Å²) in [6.07, 6.45) is 1.88. The molecule has 0 fully saturated rings. The molecule has 0 N–H and O–H groups in total. The highest BCUT2D eigenvalue weighted by atomic mass is 32.2. The quantitative estimate of drug-likeness (QED) is 0.644. The van der Waals surface area contributed by atoms with Gasteiger partial charge in [0.15, 0.2) is 0 Å².